The zero-order chi connectivity index (χ0) is 15.4. The number of thiocarbonyl (C=S) groups is 1. The van der Waals surface area contributed by atoms with Crippen molar-refractivity contribution >= 4 is 23.0 Å². The molecule has 4 heteroatoms. The molecule has 2 nitrogen and oxygen atoms in total. The average Bonchev–Trinajstić information content (AvgIpc) is 2.76. The highest BCUT2D eigenvalue weighted by Crippen LogP contribution is 2.26. The molecular weight excluding hydrogens is 295 g/mol. The predicted octanol–water partition coefficient (Wildman–Crippen LogP) is 4.04. The maximum absolute atomic E-state index is 12.9. The molecule has 0 radical (unpaired) electrons. The van der Waals surface area contributed by atoms with Crippen molar-refractivity contribution in [2.75, 3.05) is 11.4 Å². The third-order valence-corrected chi connectivity index (χ3v) is 4.33. The van der Waals surface area contributed by atoms with E-state index in [1.54, 1.807) is 12.1 Å². The molecule has 0 saturated heterocycles. The summed E-state index contributed by atoms with van der Waals surface area (Å²) >= 11 is 5.58. The van der Waals surface area contributed by atoms with Crippen molar-refractivity contribution in [1.82, 2.24) is 5.32 Å². The van der Waals surface area contributed by atoms with E-state index in [4.69, 9.17) is 12.2 Å². The molecule has 1 aliphatic rings. The summed E-state index contributed by atoms with van der Waals surface area (Å²) in [6, 6.07) is 14.9. The maximum atomic E-state index is 12.9. The number of para-hydroxylation sites is 1. The first-order valence-corrected chi connectivity index (χ1v) is 8.02. The zero-order valence-electron chi connectivity index (χ0n) is 12.4. The number of anilines is 1. The van der Waals surface area contributed by atoms with Crippen LogP contribution in [0.2, 0.25) is 0 Å². The molecule has 0 unspecified atom stereocenters. The molecule has 2 aromatic carbocycles. The first-order chi connectivity index (χ1) is 10.7. The largest absolute Gasteiger partial charge is 0.358 e. The molecule has 0 fully saturated rings. The van der Waals surface area contributed by atoms with Gasteiger partial charge in [-0.25, -0.2) is 4.39 Å². The second-order valence-corrected chi connectivity index (χ2v) is 5.91. The van der Waals surface area contributed by atoms with Crippen molar-refractivity contribution in [2.45, 2.75) is 25.8 Å². The van der Waals surface area contributed by atoms with Gasteiger partial charge in [0.25, 0.3) is 0 Å². The maximum Gasteiger partial charge on any atom is 0.173 e. The number of fused-ring (bicyclic) bond motifs is 1. The molecule has 0 saturated carbocycles. The highest BCUT2D eigenvalue weighted by Gasteiger charge is 2.17. The van der Waals surface area contributed by atoms with Crippen molar-refractivity contribution in [1.29, 1.82) is 0 Å². The van der Waals surface area contributed by atoms with E-state index in [9.17, 15) is 4.39 Å². The summed E-state index contributed by atoms with van der Waals surface area (Å²) in [4.78, 5) is 2.18. The molecule has 0 aliphatic carbocycles. The van der Waals surface area contributed by atoms with E-state index >= 15 is 0 Å². The van der Waals surface area contributed by atoms with Crippen molar-refractivity contribution in [3.8, 4) is 0 Å². The summed E-state index contributed by atoms with van der Waals surface area (Å²) in [7, 11) is 0. The van der Waals surface area contributed by atoms with Crippen LogP contribution in [0.5, 0.6) is 0 Å². The molecule has 114 valence electrons. The van der Waals surface area contributed by atoms with E-state index in [1.165, 1.54) is 29.8 Å². The first kappa shape index (κ1) is 15.0. The topological polar surface area (TPSA) is 15.3 Å². The van der Waals surface area contributed by atoms with E-state index in [1.807, 2.05) is 0 Å². The van der Waals surface area contributed by atoms with E-state index in [0.29, 0.717) is 6.54 Å². The van der Waals surface area contributed by atoms with Crippen LogP contribution in [0, 0.1) is 5.82 Å². The van der Waals surface area contributed by atoms with Crippen LogP contribution in [-0.2, 0) is 13.0 Å². The van der Waals surface area contributed by atoms with E-state index in [-0.39, 0.29) is 5.82 Å². The Labute approximate surface area is 136 Å². The standard InChI is InChI=1S/C18H19FN2S/c19-16-10-8-14(9-11-16)13-20-18(22)21-12-4-3-6-15-5-1-2-7-17(15)21/h1-2,5,7-11H,3-4,6,12-13H2,(H,20,22). The summed E-state index contributed by atoms with van der Waals surface area (Å²) in [6.45, 7) is 1.55. The van der Waals surface area contributed by atoms with Crippen molar-refractivity contribution in [3.63, 3.8) is 0 Å². The van der Waals surface area contributed by atoms with E-state index < -0.39 is 0 Å². The number of benzene rings is 2. The van der Waals surface area contributed by atoms with Crippen LogP contribution < -0.4 is 10.2 Å². The third-order valence-electron chi connectivity index (χ3n) is 3.96. The minimum absolute atomic E-state index is 0.215. The quantitative estimate of drug-likeness (QED) is 0.842. The van der Waals surface area contributed by atoms with Crippen molar-refractivity contribution in [2.24, 2.45) is 0 Å². The smallest absolute Gasteiger partial charge is 0.173 e. The number of halogens is 1. The molecule has 0 aromatic heterocycles. The molecule has 0 bridgehead atoms. The molecule has 1 aliphatic heterocycles. The Morgan fingerprint density at radius 3 is 2.68 bits per heavy atom. The van der Waals surface area contributed by atoms with Crippen LogP contribution in [0.15, 0.2) is 48.5 Å². The Morgan fingerprint density at radius 2 is 1.86 bits per heavy atom. The zero-order valence-corrected chi connectivity index (χ0v) is 13.2. The summed E-state index contributed by atoms with van der Waals surface area (Å²) in [5, 5.41) is 4.03. The summed E-state index contributed by atoms with van der Waals surface area (Å²) < 4.78 is 12.9. The van der Waals surface area contributed by atoms with Gasteiger partial charge in [0.15, 0.2) is 5.11 Å². The molecule has 0 atom stereocenters. The Balaban J connectivity index is 1.70. The van der Waals surface area contributed by atoms with E-state index in [2.05, 4.69) is 34.5 Å². The van der Waals surface area contributed by atoms with Crippen LogP contribution in [0.1, 0.15) is 24.0 Å². The Kier molecular flexibility index (Phi) is 4.68. The monoisotopic (exact) mass is 314 g/mol. The fourth-order valence-electron chi connectivity index (χ4n) is 2.78. The molecule has 0 amide bonds. The van der Waals surface area contributed by atoms with Gasteiger partial charge in [-0.1, -0.05) is 30.3 Å². The number of nitrogens with zero attached hydrogens (tertiary/aromatic N) is 1. The predicted molar refractivity (Wildman–Crippen MR) is 92.6 cm³/mol. The van der Waals surface area contributed by atoms with Gasteiger partial charge in [0, 0.05) is 18.8 Å². The Hall–Kier alpha value is -1.94. The number of nitrogens with one attached hydrogen (secondary N) is 1. The Bertz CT molecular complexity index is 654. The van der Waals surface area contributed by atoms with Gasteiger partial charge in [-0.15, -0.1) is 0 Å². The summed E-state index contributed by atoms with van der Waals surface area (Å²) in [5.74, 6) is -0.215. The summed E-state index contributed by atoms with van der Waals surface area (Å²) in [6.07, 6.45) is 3.42. The van der Waals surface area contributed by atoms with Crippen LogP contribution >= 0.6 is 12.2 Å². The minimum Gasteiger partial charge on any atom is -0.358 e. The van der Waals surface area contributed by atoms with Gasteiger partial charge in [-0.2, -0.15) is 0 Å². The molecule has 1 heterocycles. The Morgan fingerprint density at radius 1 is 1.09 bits per heavy atom. The van der Waals surface area contributed by atoms with Gasteiger partial charge < -0.3 is 10.2 Å². The lowest BCUT2D eigenvalue weighted by Crippen LogP contribution is -2.40. The van der Waals surface area contributed by atoms with Gasteiger partial charge in [0.1, 0.15) is 5.82 Å². The van der Waals surface area contributed by atoms with Gasteiger partial charge in [-0.05, 0) is 60.8 Å². The van der Waals surface area contributed by atoms with Crippen LogP contribution in [0.4, 0.5) is 10.1 Å². The molecular formula is C18H19FN2S. The molecule has 2 aromatic rings. The lowest BCUT2D eigenvalue weighted by atomic mass is 10.1. The number of hydrogen-bond acceptors (Lipinski definition) is 1. The highest BCUT2D eigenvalue weighted by molar-refractivity contribution is 7.80. The molecule has 3 rings (SSSR count). The second kappa shape index (κ2) is 6.88. The first-order valence-electron chi connectivity index (χ1n) is 7.62. The number of rotatable bonds is 2. The minimum atomic E-state index is -0.215. The number of hydrogen-bond donors (Lipinski definition) is 1. The number of aryl methyl sites for hydroxylation is 1. The summed E-state index contributed by atoms with van der Waals surface area (Å²) in [5.41, 5.74) is 3.58. The molecule has 0 spiro atoms. The molecule has 22 heavy (non-hydrogen) atoms. The van der Waals surface area contributed by atoms with Gasteiger partial charge in [0.2, 0.25) is 0 Å². The van der Waals surface area contributed by atoms with Gasteiger partial charge >= 0.3 is 0 Å². The second-order valence-electron chi connectivity index (χ2n) is 5.52. The van der Waals surface area contributed by atoms with Crippen LogP contribution in [-0.4, -0.2) is 11.7 Å². The van der Waals surface area contributed by atoms with Crippen LogP contribution in [0.3, 0.4) is 0 Å². The lowest BCUT2D eigenvalue weighted by molar-refractivity contribution is 0.626. The highest BCUT2D eigenvalue weighted by atomic mass is 32.1. The van der Waals surface area contributed by atoms with Gasteiger partial charge in [-0.3, -0.25) is 0 Å². The van der Waals surface area contributed by atoms with Gasteiger partial charge in [0.05, 0.1) is 0 Å². The lowest BCUT2D eigenvalue weighted by Gasteiger charge is -2.26. The SMILES string of the molecule is Fc1ccc(CNC(=S)N2CCCCc3ccccc32)cc1. The normalized spacial score (nSPS) is 14.1. The van der Waals surface area contributed by atoms with E-state index in [0.717, 1.165) is 30.1 Å². The fourth-order valence-corrected chi connectivity index (χ4v) is 3.04. The fraction of sp³-hybridized carbons (Fsp3) is 0.278. The molecule has 1 N–H and O–H groups in total. The third kappa shape index (κ3) is 3.45. The average molecular weight is 314 g/mol. The van der Waals surface area contributed by atoms with Crippen LogP contribution in [0.25, 0.3) is 0 Å². The van der Waals surface area contributed by atoms with Crippen molar-refractivity contribution < 1.29 is 4.39 Å². The van der Waals surface area contributed by atoms with Crippen molar-refractivity contribution in [3.05, 3.63) is 65.5 Å².